The lowest BCUT2D eigenvalue weighted by atomic mass is 10.3. The van der Waals surface area contributed by atoms with Crippen LogP contribution in [0, 0.1) is 0 Å². The first-order valence-corrected chi connectivity index (χ1v) is 6.15. The molecule has 19 heavy (non-hydrogen) atoms. The first-order chi connectivity index (χ1) is 9.31. The molecule has 100 valence electrons. The second-order valence-electron chi connectivity index (χ2n) is 3.90. The predicted molar refractivity (Wildman–Crippen MR) is 72.5 cm³/mol. The van der Waals surface area contributed by atoms with Gasteiger partial charge in [-0.2, -0.15) is 0 Å². The summed E-state index contributed by atoms with van der Waals surface area (Å²) < 4.78 is 10.7. The topological polar surface area (TPSA) is 56.3 Å². The third-order valence-electron chi connectivity index (χ3n) is 2.52. The molecule has 2 aromatic rings. The molecule has 2 rings (SSSR count). The summed E-state index contributed by atoms with van der Waals surface area (Å²) in [5, 5.41) is 3.19. The minimum absolute atomic E-state index is 0.477. The molecule has 0 aliphatic heterocycles. The van der Waals surface area contributed by atoms with Crippen LogP contribution >= 0.6 is 0 Å². The molecule has 5 nitrogen and oxygen atoms in total. The number of ether oxygens (including phenoxy) is 2. The maximum absolute atomic E-state index is 5.59. The Labute approximate surface area is 112 Å². The molecular weight excluding hydrogens is 242 g/mol. The zero-order chi connectivity index (χ0) is 13.5. The van der Waals surface area contributed by atoms with Crippen molar-refractivity contribution in [3.63, 3.8) is 0 Å². The van der Waals surface area contributed by atoms with Gasteiger partial charge in [0, 0.05) is 6.54 Å². The summed E-state index contributed by atoms with van der Waals surface area (Å²) in [7, 11) is 1.63. The van der Waals surface area contributed by atoms with E-state index in [1.807, 2.05) is 24.3 Å². The van der Waals surface area contributed by atoms with Crippen molar-refractivity contribution in [3.05, 3.63) is 42.4 Å². The van der Waals surface area contributed by atoms with Crippen LogP contribution in [-0.4, -0.2) is 23.6 Å². The zero-order valence-corrected chi connectivity index (χ0v) is 11.1. The van der Waals surface area contributed by atoms with Crippen molar-refractivity contribution >= 4 is 0 Å². The van der Waals surface area contributed by atoms with E-state index in [1.165, 1.54) is 0 Å². The Bertz CT molecular complexity index is 497. The van der Waals surface area contributed by atoms with Gasteiger partial charge in [0.2, 0.25) is 5.88 Å². The Morgan fingerprint density at radius 1 is 1.05 bits per heavy atom. The normalized spacial score (nSPS) is 10.2. The van der Waals surface area contributed by atoms with Crippen molar-refractivity contribution in [1.29, 1.82) is 0 Å². The van der Waals surface area contributed by atoms with Gasteiger partial charge < -0.3 is 14.8 Å². The van der Waals surface area contributed by atoms with Crippen LogP contribution in [-0.2, 0) is 6.54 Å². The smallest absolute Gasteiger partial charge is 0.237 e. The Kier molecular flexibility index (Phi) is 4.69. The molecule has 0 saturated heterocycles. The lowest BCUT2D eigenvalue weighted by molar-refractivity contribution is 0.412. The highest BCUT2D eigenvalue weighted by Crippen LogP contribution is 2.21. The van der Waals surface area contributed by atoms with E-state index in [1.54, 1.807) is 19.5 Å². The van der Waals surface area contributed by atoms with Crippen molar-refractivity contribution in [2.24, 2.45) is 0 Å². The summed E-state index contributed by atoms with van der Waals surface area (Å²) in [5.41, 5.74) is 0.893. The maximum Gasteiger partial charge on any atom is 0.237 e. The van der Waals surface area contributed by atoms with Gasteiger partial charge in [-0.05, 0) is 30.8 Å². The molecule has 0 saturated carbocycles. The van der Waals surface area contributed by atoms with E-state index >= 15 is 0 Å². The fourth-order valence-electron chi connectivity index (χ4n) is 1.50. The second kappa shape index (κ2) is 6.70. The van der Waals surface area contributed by atoms with Gasteiger partial charge in [-0.1, -0.05) is 6.92 Å². The molecule has 1 aromatic carbocycles. The standard InChI is InChI=1S/C14H17N3O2/c1-3-15-8-11-9-17-14(10-16-11)19-13-6-4-12(18-2)5-7-13/h4-7,9-10,15H,3,8H2,1-2H3. The van der Waals surface area contributed by atoms with Gasteiger partial charge in [0.15, 0.2) is 0 Å². The number of benzene rings is 1. The first kappa shape index (κ1) is 13.3. The summed E-state index contributed by atoms with van der Waals surface area (Å²) in [5.74, 6) is 1.97. The van der Waals surface area contributed by atoms with Crippen molar-refractivity contribution in [1.82, 2.24) is 15.3 Å². The fraction of sp³-hybridized carbons (Fsp3) is 0.286. The average molecular weight is 259 g/mol. The molecule has 0 unspecified atom stereocenters. The lowest BCUT2D eigenvalue weighted by Gasteiger charge is -2.06. The zero-order valence-electron chi connectivity index (χ0n) is 11.1. The summed E-state index contributed by atoms with van der Waals surface area (Å²) in [4.78, 5) is 8.48. The molecule has 0 bridgehead atoms. The maximum atomic E-state index is 5.59. The van der Waals surface area contributed by atoms with E-state index in [2.05, 4.69) is 22.2 Å². The van der Waals surface area contributed by atoms with E-state index < -0.39 is 0 Å². The molecule has 0 fully saturated rings. The van der Waals surface area contributed by atoms with Crippen molar-refractivity contribution < 1.29 is 9.47 Å². The number of hydrogen-bond acceptors (Lipinski definition) is 5. The number of nitrogens with one attached hydrogen (secondary N) is 1. The number of aromatic nitrogens is 2. The van der Waals surface area contributed by atoms with Crippen molar-refractivity contribution in [2.75, 3.05) is 13.7 Å². The fourth-order valence-corrected chi connectivity index (χ4v) is 1.50. The predicted octanol–water partition coefficient (Wildman–Crippen LogP) is 2.39. The molecule has 1 N–H and O–H groups in total. The number of hydrogen-bond donors (Lipinski definition) is 1. The quantitative estimate of drug-likeness (QED) is 0.863. The van der Waals surface area contributed by atoms with Crippen LogP contribution in [0.15, 0.2) is 36.7 Å². The van der Waals surface area contributed by atoms with Crippen LogP contribution in [0.2, 0.25) is 0 Å². The van der Waals surface area contributed by atoms with Crippen molar-refractivity contribution in [3.8, 4) is 17.4 Å². The molecule has 0 aliphatic carbocycles. The SMILES string of the molecule is CCNCc1cnc(Oc2ccc(OC)cc2)cn1. The molecule has 0 atom stereocenters. The summed E-state index contributed by atoms with van der Waals surface area (Å²) in [6, 6.07) is 7.32. The van der Waals surface area contributed by atoms with Gasteiger partial charge in [-0.3, -0.25) is 4.98 Å². The Morgan fingerprint density at radius 3 is 2.37 bits per heavy atom. The van der Waals surface area contributed by atoms with Crippen LogP contribution in [0.3, 0.4) is 0 Å². The highest BCUT2D eigenvalue weighted by molar-refractivity contribution is 5.33. The number of rotatable bonds is 6. The summed E-state index contributed by atoms with van der Waals surface area (Å²) in [6.45, 7) is 3.67. The van der Waals surface area contributed by atoms with Crippen LogP contribution < -0.4 is 14.8 Å². The number of nitrogens with zero attached hydrogens (tertiary/aromatic N) is 2. The van der Waals surface area contributed by atoms with E-state index in [4.69, 9.17) is 9.47 Å². The summed E-state index contributed by atoms with van der Waals surface area (Å²) in [6.07, 6.45) is 3.33. The average Bonchev–Trinajstić information content (AvgIpc) is 2.47. The Morgan fingerprint density at radius 2 is 1.79 bits per heavy atom. The highest BCUT2D eigenvalue weighted by atomic mass is 16.5. The minimum atomic E-state index is 0.477. The molecule has 0 amide bonds. The Hall–Kier alpha value is -2.14. The van der Waals surface area contributed by atoms with Crippen LogP contribution in [0.5, 0.6) is 17.4 Å². The molecule has 0 spiro atoms. The van der Waals surface area contributed by atoms with E-state index in [9.17, 15) is 0 Å². The van der Waals surface area contributed by atoms with Gasteiger partial charge in [-0.25, -0.2) is 4.98 Å². The van der Waals surface area contributed by atoms with Crippen LogP contribution in [0.4, 0.5) is 0 Å². The third kappa shape index (κ3) is 3.93. The summed E-state index contributed by atoms with van der Waals surface area (Å²) >= 11 is 0. The minimum Gasteiger partial charge on any atom is -0.497 e. The van der Waals surface area contributed by atoms with Crippen LogP contribution in [0.1, 0.15) is 12.6 Å². The lowest BCUT2D eigenvalue weighted by Crippen LogP contribution is -2.13. The molecule has 0 aliphatic rings. The molecular formula is C14H17N3O2. The van der Waals surface area contributed by atoms with Crippen LogP contribution in [0.25, 0.3) is 0 Å². The Balaban J connectivity index is 1.98. The highest BCUT2D eigenvalue weighted by Gasteiger charge is 2.01. The van der Waals surface area contributed by atoms with Gasteiger partial charge in [0.25, 0.3) is 0 Å². The van der Waals surface area contributed by atoms with E-state index in [0.29, 0.717) is 18.2 Å². The van der Waals surface area contributed by atoms with E-state index in [0.717, 1.165) is 18.0 Å². The van der Waals surface area contributed by atoms with Gasteiger partial charge in [0.05, 0.1) is 25.2 Å². The molecule has 1 heterocycles. The second-order valence-corrected chi connectivity index (χ2v) is 3.90. The first-order valence-electron chi connectivity index (χ1n) is 6.15. The third-order valence-corrected chi connectivity index (χ3v) is 2.52. The molecule has 5 heteroatoms. The van der Waals surface area contributed by atoms with Gasteiger partial charge in [0.1, 0.15) is 11.5 Å². The molecule has 0 radical (unpaired) electrons. The number of methoxy groups -OCH3 is 1. The largest absolute Gasteiger partial charge is 0.497 e. The van der Waals surface area contributed by atoms with Gasteiger partial charge >= 0.3 is 0 Å². The van der Waals surface area contributed by atoms with Crippen molar-refractivity contribution in [2.45, 2.75) is 13.5 Å². The molecule has 1 aromatic heterocycles. The monoisotopic (exact) mass is 259 g/mol. The van der Waals surface area contributed by atoms with E-state index in [-0.39, 0.29) is 0 Å². The van der Waals surface area contributed by atoms with Gasteiger partial charge in [-0.15, -0.1) is 0 Å².